The van der Waals surface area contributed by atoms with Gasteiger partial charge < -0.3 is 10.6 Å². The minimum absolute atomic E-state index is 0.144. The summed E-state index contributed by atoms with van der Waals surface area (Å²) in [5, 5.41) is 6.14. The van der Waals surface area contributed by atoms with Crippen molar-refractivity contribution < 1.29 is 4.79 Å². The highest BCUT2D eigenvalue weighted by molar-refractivity contribution is 5.78. The van der Waals surface area contributed by atoms with E-state index in [0.29, 0.717) is 12.5 Å². The Morgan fingerprint density at radius 1 is 1.53 bits per heavy atom. The van der Waals surface area contributed by atoms with Crippen molar-refractivity contribution in [3.63, 3.8) is 0 Å². The van der Waals surface area contributed by atoms with Gasteiger partial charge in [0.15, 0.2) is 0 Å². The number of nitrogens with zero attached hydrogens (tertiary/aromatic N) is 1. The molecule has 80 valence electrons. The molecule has 2 heterocycles. The van der Waals surface area contributed by atoms with Gasteiger partial charge in [-0.05, 0) is 12.1 Å². The van der Waals surface area contributed by atoms with Crippen LogP contribution in [0.3, 0.4) is 0 Å². The van der Waals surface area contributed by atoms with Crippen LogP contribution in [0.25, 0.3) is 0 Å². The highest BCUT2D eigenvalue weighted by Crippen LogP contribution is 1.99. The maximum absolute atomic E-state index is 10.9. The van der Waals surface area contributed by atoms with Crippen LogP contribution in [-0.4, -0.2) is 30.0 Å². The monoisotopic (exact) mass is 205 g/mol. The van der Waals surface area contributed by atoms with Gasteiger partial charge in [-0.3, -0.25) is 9.78 Å². The number of hydrogen-bond acceptors (Lipinski definition) is 3. The molecule has 1 fully saturated rings. The van der Waals surface area contributed by atoms with E-state index >= 15 is 0 Å². The summed E-state index contributed by atoms with van der Waals surface area (Å²) >= 11 is 0. The lowest BCUT2D eigenvalue weighted by Crippen LogP contribution is -2.32. The third-order valence-electron chi connectivity index (χ3n) is 2.52. The second-order valence-electron chi connectivity index (χ2n) is 3.73. The van der Waals surface area contributed by atoms with E-state index < -0.39 is 0 Å². The fourth-order valence-corrected chi connectivity index (χ4v) is 1.70. The van der Waals surface area contributed by atoms with Crippen molar-refractivity contribution >= 4 is 5.91 Å². The predicted octanol–water partition coefficient (Wildman–Crippen LogP) is 0.102. The van der Waals surface area contributed by atoms with E-state index in [1.54, 1.807) is 6.20 Å². The maximum Gasteiger partial charge on any atom is 0.221 e. The van der Waals surface area contributed by atoms with E-state index in [9.17, 15) is 4.79 Å². The van der Waals surface area contributed by atoms with Crippen molar-refractivity contribution in [2.45, 2.75) is 18.9 Å². The molecule has 0 saturated carbocycles. The van der Waals surface area contributed by atoms with Gasteiger partial charge in [-0.15, -0.1) is 0 Å². The number of hydrogen-bond donors (Lipinski definition) is 2. The summed E-state index contributed by atoms with van der Waals surface area (Å²) in [6.45, 7) is 1.62. The molecular weight excluding hydrogens is 190 g/mol. The number of pyridine rings is 1. The first-order valence-corrected chi connectivity index (χ1v) is 5.24. The Morgan fingerprint density at radius 3 is 3.13 bits per heavy atom. The normalized spacial score (nSPS) is 20.3. The summed E-state index contributed by atoms with van der Waals surface area (Å²) in [7, 11) is 0. The summed E-state index contributed by atoms with van der Waals surface area (Å²) in [4.78, 5) is 15.2. The van der Waals surface area contributed by atoms with Crippen LogP contribution in [0.15, 0.2) is 24.4 Å². The second kappa shape index (κ2) is 4.89. The van der Waals surface area contributed by atoms with Crippen LogP contribution in [0.4, 0.5) is 0 Å². The predicted molar refractivity (Wildman–Crippen MR) is 57.4 cm³/mol. The van der Waals surface area contributed by atoms with Crippen molar-refractivity contribution in [1.29, 1.82) is 0 Å². The minimum atomic E-state index is 0.144. The molecule has 2 N–H and O–H groups in total. The van der Waals surface area contributed by atoms with Crippen LogP contribution in [0.5, 0.6) is 0 Å². The Hall–Kier alpha value is -1.42. The van der Waals surface area contributed by atoms with Crippen molar-refractivity contribution in [2.24, 2.45) is 0 Å². The van der Waals surface area contributed by atoms with Crippen LogP contribution < -0.4 is 10.6 Å². The molecular formula is C11H15N3O. The van der Waals surface area contributed by atoms with Crippen molar-refractivity contribution in [3.05, 3.63) is 30.1 Å². The van der Waals surface area contributed by atoms with Gasteiger partial charge in [0.2, 0.25) is 5.91 Å². The van der Waals surface area contributed by atoms with E-state index in [1.165, 1.54) is 0 Å². The Balaban J connectivity index is 1.69. The molecule has 15 heavy (non-hydrogen) atoms. The molecule has 1 amide bonds. The van der Waals surface area contributed by atoms with Gasteiger partial charge in [0.25, 0.3) is 0 Å². The summed E-state index contributed by atoms with van der Waals surface area (Å²) in [5.41, 5.74) is 1.09. The fourth-order valence-electron chi connectivity index (χ4n) is 1.70. The molecule has 0 aliphatic carbocycles. The largest absolute Gasteiger partial charge is 0.354 e. The van der Waals surface area contributed by atoms with E-state index in [2.05, 4.69) is 15.6 Å². The average Bonchev–Trinajstić information content (AvgIpc) is 2.66. The zero-order valence-electron chi connectivity index (χ0n) is 8.57. The van der Waals surface area contributed by atoms with E-state index in [4.69, 9.17) is 0 Å². The number of carbonyl (C=O) groups excluding carboxylic acids is 1. The molecule has 0 radical (unpaired) electrons. The Kier molecular flexibility index (Phi) is 3.29. The zero-order chi connectivity index (χ0) is 10.5. The third kappa shape index (κ3) is 3.02. The van der Waals surface area contributed by atoms with Crippen LogP contribution in [0.1, 0.15) is 12.1 Å². The van der Waals surface area contributed by atoms with Crippen LogP contribution in [-0.2, 0) is 11.2 Å². The van der Waals surface area contributed by atoms with Gasteiger partial charge in [0, 0.05) is 43.9 Å². The SMILES string of the molecule is O=C1CC(NCCc2ccccn2)CN1. The highest BCUT2D eigenvalue weighted by Gasteiger charge is 2.19. The molecule has 1 atom stereocenters. The molecule has 4 nitrogen and oxygen atoms in total. The van der Waals surface area contributed by atoms with E-state index in [-0.39, 0.29) is 5.91 Å². The van der Waals surface area contributed by atoms with Gasteiger partial charge in [-0.2, -0.15) is 0 Å². The summed E-state index contributed by atoms with van der Waals surface area (Å²) in [6, 6.07) is 6.21. The zero-order valence-corrected chi connectivity index (χ0v) is 8.57. The van der Waals surface area contributed by atoms with E-state index in [0.717, 1.165) is 25.2 Å². The summed E-state index contributed by atoms with van der Waals surface area (Å²) < 4.78 is 0. The molecule has 4 heteroatoms. The first-order valence-electron chi connectivity index (χ1n) is 5.24. The number of aromatic nitrogens is 1. The smallest absolute Gasteiger partial charge is 0.221 e. The van der Waals surface area contributed by atoms with Gasteiger partial charge in [-0.25, -0.2) is 0 Å². The van der Waals surface area contributed by atoms with Crippen LogP contribution in [0.2, 0.25) is 0 Å². The first-order chi connectivity index (χ1) is 7.34. The number of nitrogens with one attached hydrogen (secondary N) is 2. The van der Waals surface area contributed by atoms with Gasteiger partial charge in [0.1, 0.15) is 0 Å². The molecule has 0 bridgehead atoms. The van der Waals surface area contributed by atoms with Gasteiger partial charge in [0.05, 0.1) is 0 Å². The van der Waals surface area contributed by atoms with Gasteiger partial charge in [-0.1, -0.05) is 6.07 Å². The Morgan fingerprint density at radius 2 is 2.47 bits per heavy atom. The number of carbonyl (C=O) groups is 1. The first kappa shape index (κ1) is 10.1. The Bertz CT molecular complexity index is 326. The van der Waals surface area contributed by atoms with E-state index in [1.807, 2.05) is 18.2 Å². The van der Waals surface area contributed by atoms with Crippen molar-refractivity contribution in [3.8, 4) is 0 Å². The lowest BCUT2D eigenvalue weighted by atomic mass is 10.2. The molecule has 1 unspecified atom stereocenters. The molecule has 0 spiro atoms. The minimum Gasteiger partial charge on any atom is -0.354 e. The molecule has 1 aromatic heterocycles. The lowest BCUT2D eigenvalue weighted by molar-refractivity contribution is -0.119. The van der Waals surface area contributed by atoms with Crippen LogP contribution in [0, 0.1) is 0 Å². The number of rotatable bonds is 4. The van der Waals surface area contributed by atoms with Crippen molar-refractivity contribution in [1.82, 2.24) is 15.6 Å². The standard InChI is InChI=1S/C11H15N3O/c15-11-7-10(8-14-11)13-6-4-9-3-1-2-5-12-9/h1-3,5,10,13H,4,6-8H2,(H,14,15). The summed E-state index contributed by atoms with van der Waals surface area (Å²) in [5.74, 6) is 0.144. The van der Waals surface area contributed by atoms with Crippen LogP contribution >= 0.6 is 0 Å². The average molecular weight is 205 g/mol. The fraction of sp³-hybridized carbons (Fsp3) is 0.455. The molecule has 1 aliphatic rings. The Labute approximate surface area is 89.1 Å². The lowest BCUT2D eigenvalue weighted by Gasteiger charge is -2.09. The molecule has 1 saturated heterocycles. The molecule has 2 rings (SSSR count). The second-order valence-corrected chi connectivity index (χ2v) is 3.73. The third-order valence-corrected chi connectivity index (χ3v) is 2.52. The molecule has 0 aromatic carbocycles. The summed E-state index contributed by atoms with van der Waals surface area (Å²) in [6.07, 6.45) is 3.31. The molecule has 1 aromatic rings. The number of amides is 1. The maximum atomic E-state index is 10.9. The quantitative estimate of drug-likeness (QED) is 0.733. The van der Waals surface area contributed by atoms with Gasteiger partial charge >= 0.3 is 0 Å². The molecule has 1 aliphatic heterocycles. The van der Waals surface area contributed by atoms with Crippen molar-refractivity contribution in [2.75, 3.05) is 13.1 Å². The topological polar surface area (TPSA) is 54.0 Å². The highest BCUT2D eigenvalue weighted by atomic mass is 16.1.